The zero-order valence-corrected chi connectivity index (χ0v) is 15.1. The average molecular weight is 414 g/mol. The van der Waals surface area contributed by atoms with E-state index in [0.29, 0.717) is 38.2 Å². The number of carbonyl (C=O) groups is 1. The Labute approximate surface area is 151 Å². The Hall–Kier alpha value is -1.56. The molecule has 2 aromatic heterocycles. The molecule has 0 saturated carbocycles. The Kier molecular flexibility index (Phi) is 4.62. The first-order chi connectivity index (χ1) is 11.0. The van der Waals surface area contributed by atoms with Crippen LogP contribution in [0.25, 0.3) is 16.9 Å². The standard InChI is InChI=1S/C16H11BrCl2N2O2/c1-2-23-16(22)10-7-12(19)15-20-13(14(17)21(15)8-10)9-3-5-11(18)6-4-9/h3-8H,2H2,1H3. The first-order valence-electron chi connectivity index (χ1n) is 6.81. The lowest BCUT2D eigenvalue weighted by atomic mass is 10.2. The van der Waals surface area contributed by atoms with Gasteiger partial charge >= 0.3 is 5.97 Å². The van der Waals surface area contributed by atoms with Crippen molar-refractivity contribution in [2.24, 2.45) is 0 Å². The van der Waals surface area contributed by atoms with Gasteiger partial charge < -0.3 is 4.74 Å². The molecule has 0 unspecified atom stereocenters. The predicted molar refractivity (Wildman–Crippen MR) is 94.3 cm³/mol. The molecule has 0 N–H and O–H groups in total. The number of benzene rings is 1. The molecular formula is C16H11BrCl2N2O2. The fraction of sp³-hybridized carbons (Fsp3) is 0.125. The summed E-state index contributed by atoms with van der Waals surface area (Å²) in [4.78, 5) is 16.5. The third-order valence-corrected chi connectivity index (χ3v) is 4.53. The molecule has 0 radical (unpaired) electrons. The van der Waals surface area contributed by atoms with Crippen LogP contribution in [-0.4, -0.2) is 22.0 Å². The zero-order chi connectivity index (χ0) is 16.6. The van der Waals surface area contributed by atoms with E-state index in [1.807, 2.05) is 12.1 Å². The van der Waals surface area contributed by atoms with Crippen LogP contribution in [0.3, 0.4) is 0 Å². The van der Waals surface area contributed by atoms with Gasteiger partial charge in [-0.05, 0) is 41.1 Å². The molecule has 0 fully saturated rings. The summed E-state index contributed by atoms with van der Waals surface area (Å²) in [6.45, 7) is 2.05. The molecule has 0 aliphatic heterocycles. The Morgan fingerprint density at radius 1 is 1.30 bits per heavy atom. The maximum absolute atomic E-state index is 11.9. The van der Waals surface area contributed by atoms with Gasteiger partial charge in [0.15, 0.2) is 5.65 Å². The Morgan fingerprint density at radius 3 is 2.65 bits per heavy atom. The summed E-state index contributed by atoms with van der Waals surface area (Å²) in [5.41, 5.74) is 2.52. The van der Waals surface area contributed by atoms with E-state index in [0.717, 1.165) is 5.56 Å². The molecular weight excluding hydrogens is 403 g/mol. The number of ether oxygens (including phenoxy) is 1. The largest absolute Gasteiger partial charge is 0.462 e. The molecule has 23 heavy (non-hydrogen) atoms. The Balaban J connectivity index is 2.16. The SMILES string of the molecule is CCOC(=O)c1cc(Cl)c2nc(-c3ccc(Cl)cc3)c(Br)n2c1. The molecule has 0 bridgehead atoms. The van der Waals surface area contributed by atoms with Crippen molar-refractivity contribution in [3.05, 3.63) is 56.7 Å². The van der Waals surface area contributed by atoms with Crippen molar-refractivity contribution in [3.8, 4) is 11.3 Å². The molecule has 118 valence electrons. The highest BCUT2D eigenvalue weighted by Crippen LogP contribution is 2.32. The molecule has 3 aromatic rings. The summed E-state index contributed by atoms with van der Waals surface area (Å²) in [6.07, 6.45) is 1.65. The lowest BCUT2D eigenvalue weighted by molar-refractivity contribution is 0.0526. The van der Waals surface area contributed by atoms with E-state index in [2.05, 4.69) is 20.9 Å². The average Bonchev–Trinajstić information content (AvgIpc) is 2.86. The van der Waals surface area contributed by atoms with E-state index in [1.165, 1.54) is 0 Å². The van der Waals surface area contributed by atoms with Crippen LogP contribution >= 0.6 is 39.1 Å². The van der Waals surface area contributed by atoms with E-state index in [9.17, 15) is 4.79 Å². The van der Waals surface area contributed by atoms with Crippen LogP contribution in [0.5, 0.6) is 0 Å². The van der Waals surface area contributed by atoms with Gasteiger partial charge in [-0.2, -0.15) is 0 Å². The van der Waals surface area contributed by atoms with Crippen LogP contribution in [0.15, 0.2) is 41.1 Å². The molecule has 0 atom stereocenters. The first kappa shape index (κ1) is 16.3. The van der Waals surface area contributed by atoms with Crippen molar-refractivity contribution in [3.63, 3.8) is 0 Å². The van der Waals surface area contributed by atoms with Gasteiger partial charge in [0.1, 0.15) is 10.3 Å². The van der Waals surface area contributed by atoms with Crippen LogP contribution < -0.4 is 0 Å². The van der Waals surface area contributed by atoms with E-state index < -0.39 is 5.97 Å². The van der Waals surface area contributed by atoms with E-state index in [4.69, 9.17) is 27.9 Å². The highest BCUT2D eigenvalue weighted by atomic mass is 79.9. The number of fused-ring (bicyclic) bond motifs is 1. The number of hydrogen-bond acceptors (Lipinski definition) is 3. The predicted octanol–water partition coefficient (Wildman–Crippen LogP) is 5.25. The van der Waals surface area contributed by atoms with Gasteiger partial charge in [-0.1, -0.05) is 35.3 Å². The van der Waals surface area contributed by atoms with Crippen molar-refractivity contribution in [1.29, 1.82) is 0 Å². The molecule has 2 heterocycles. The zero-order valence-electron chi connectivity index (χ0n) is 12.0. The maximum atomic E-state index is 11.9. The second-order valence-corrected chi connectivity index (χ2v) is 6.34. The number of nitrogens with zero attached hydrogens (tertiary/aromatic N) is 2. The van der Waals surface area contributed by atoms with Crippen molar-refractivity contribution in [2.75, 3.05) is 6.61 Å². The van der Waals surface area contributed by atoms with Gasteiger partial charge in [-0.3, -0.25) is 4.40 Å². The van der Waals surface area contributed by atoms with Crippen molar-refractivity contribution in [1.82, 2.24) is 9.38 Å². The van der Waals surface area contributed by atoms with Crippen LogP contribution in [0.1, 0.15) is 17.3 Å². The number of carbonyl (C=O) groups excluding carboxylic acids is 1. The molecule has 0 aliphatic carbocycles. The molecule has 4 nitrogen and oxygen atoms in total. The van der Waals surface area contributed by atoms with Gasteiger partial charge in [0, 0.05) is 16.8 Å². The Bertz CT molecular complexity index is 891. The highest BCUT2D eigenvalue weighted by Gasteiger charge is 2.17. The van der Waals surface area contributed by atoms with Gasteiger partial charge in [-0.25, -0.2) is 9.78 Å². The maximum Gasteiger partial charge on any atom is 0.339 e. The molecule has 0 aliphatic rings. The van der Waals surface area contributed by atoms with Gasteiger partial charge in [0.05, 0.1) is 17.2 Å². The summed E-state index contributed by atoms with van der Waals surface area (Å²) in [6, 6.07) is 8.88. The first-order valence-corrected chi connectivity index (χ1v) is 8.36. The van der Waals surface area contributed by atoms with Crippen molar-refractivity contribution >= 4 is 50.7 Å². The van der Waals surface area contributed by atoms with Crippen LogP contribution in [0.4, 0.5) is 0 Å². The van der Waals surface area contributed by atoms with E-state index in [-0.39, 0.29) is 0 Å². The fourth-order valence-corrected chi connectivity index (χ4v) is 3.16. The second kappa shape index (κ2) is 6.51. The topological polar surface area (TPSA) is 43.6 Å². The van der Waals surface area contributed by atoms with Gasteiger partial charge in [0.2, 0.25) is 0 Å². The minimum atomic E-state index is -0.426. The smallest absolute Gasteiger partial charge is 0.339 e. The quantitative estimate of drug-likeness (QED) is 0.551. The summed E-state index contributed by atoms with van der Waals surface area (Å²) in [7, 11) is 0. The molecule has 7 heteroatoms. The van der Waals surface area contributed by atoms with Gasteiger partial charge in [-0.15, -0.1) is 0 Å². The van der Waals surface area contributed by atoms with Crippen molar-refractivity contribution < 1.29 is 9.53 Å². The fourth-order valence-electron chi connectivity index (χ4n) is 2.19. The van der Waals surface area contributed by atoms with Crippen molar-refractivity contribution in [2.45, 2.75) is 6.92 Å². The summed E-state index contributed by atoms with van der Waals surface area (Å²) in [5.74, 6) is -0.426. The number of rotatable bonds is 3. The third-order valence-electron chi connectivity index (χ3n) is 3.25. The molecule has 1 aromatic carbocycles. The van der Waals surface area contributed by atoms with Crippen LogP contribution in [0.2, 0.25) is 10.0 Å². The molecule has 0 spiro atoms. The summed E-state index contributed by atoms with van der Waals surface area (Å²) >= 11 is 15.7. The van der Waals surface area contributed by atoms with Crippen LogP contribution in [-0.2, 0) is 4.74 Å². The lowest BCUT2D eigenvalue weighted by Gasteiger charge is -2.04. The number of pyridine rings is 1. The Morgan fingerprint density at radius 2 is 2.00 bits per heavy atom. The number of aromatic nitrogens is 2. The lowest BCUT2D eigenvalue weighted by Crippen LogP contribution is -2.06. The number of imidazole rings is 1. The minimum absolute atomic E-state index is 0.301. The van der Waals surface area contributed by atoms with E-state index >= 15 is 0 Å². The van der Waals surface area contributed by atoms with Gasteiger partial charge in [0.25, 0.3) is 0 Å². The number of esters is 1. The third kappa shape index (κ3) is 3.09. The monoisotopic (exact) mass is 412 g/mol. The number of hydrogen-bond donors (Lipinski definition) is 0. The summed E-state index contributed by atoms with van der Waals surface area (Å²) < 4.78 is 7.43. The molecule has 0 saturated heterocycles. The molecule has 0 amide bonds. The second-order valence-electron chi connectivity index (χ2n) is 4.75. The van der Waals surface area contributed by atoms with E-state index in [1.54, 1.807) is 35.7 Å². The highest BCUT2D eigenvalue weighted by molar-refractivity contribution is 9.10. The minimum Gasteiger partial charge on any atom is -0.462 e. The molecule has 3 rings (SSSR count). The summed E-state index contributed by atoms with van der Waals surface area (Å²) in [5, 5.41) is 1.02. The normalized spacial score (nSPS) is 11.0. The number of halogens is 3. The van der Waals surface area contributed by atoms with Crippen LogP contribution in [0, 0.1) is 0 Å².